The van der Waals surface area contributed by atoms with Crippen molar-refractivity contribution in [2.45, 2.75) is 26.2 Å². The van der Waals surface area contributed by atoms with E-state index >= 15 is 0 Å². The average Bonchev–Trinajstić information content (AvgIpc) is 2.44. The van der Waals surface area contributed by atoms with Gasteiger partial charge in [0.25, 0.3) is 0 Å². The van der Waals surface area contributed by atoms with Crippen LogP contribution in [0.15, 0.2) is 49.0 Å². The summed E-state index contributed by atoms with van der Waals surface area (Å²) in [4.78, 5) is 0. The van der Waals surface area contributed by atoms with Crippen LogP contribution in [-0.2, 0) is 0 Å². The summed E-state index contributed by atoms with van der Waals surface area (Å²) in [6.45, 7) is 5.82. The van der Waals surface area contributed by atoms with Gasteiger partial charge in [0, 0.05) is 23.9 Å². The Bertz CT molecular complexity index is 316. The fourth-order valence-electron chi connectivity index (χ4n) is 2.05. The normalized spacial score (nSPS) is 15.8. The highest BCUT2D eigenvalue weighted by molar-refractivity contribution is 5.17. The maximum absolute atomic E-state index is 12.2. The summed E-state index contributed by atoms with van der Waals surface area (Å²) in [5, 5.41) is 3.09. The van der Waals surface area contributed by atoms with Crippen molar-refractivity contribution >= 4 is 0 Å². The molecule has 0 spiro atoms. The van der Waals surface area contributed by atoms with Crippen LogP contribution in [0.3, 0.4) is 0 Å². The fraction of sp³-hybridized carbons (Fsp3) is 0.467. The third-order valence-corrected chi connectivity index (χ3v) is 3.25. The first-order valence-corrected chi connectivity index (χ1v) is 6.56. The molecule has 4 heteroatoms. The highest BCUT2D eigenvalue weighted by atomic mass is 19.1. The second-order valence-electron chi connectivity index (χ2n) is 4.30. The Hall–Kier alpha value is -1.55. The van der Waals surface area contributed by atoms with Crippen LogP contribution in [0.4, 0.5) is 4.39 Å². The van der Waals surface area contributed by atoms with Crippen LogP contribution in [0.5, 0.6) is 0 Å². The summed E-state index contributed by atoms with van der Waals surface area (Å²) in [6, 6.07) is 0. The van der Waals surface area contributed by atoms with Gasteiger partial charge in [-0.25, -0.2) is 4.39 Å². The number of nitrogens with one attached hydrogen (secondary N) is 1. The zero-order valence-corrected chi connectivity index (χ0v) is 11.7. The van der Waals surface area contributed by atoms with E-state index in [2.05, 4.69) is 18.8 Å². The molecular weight excluding hydrogens is 241 g/mol. The highest BCUT2D eigenvalue weighted by Crippen LogP contribution is 2.38. The zero-order chi connectivity index (χ0) is 14.6. The molecule has 5 N–H and O–H groups in total. The smallest absolute Gasteiger partial charge is 0.108 e. The largest absolute Gasteiger partial charge is 0.403 e. The molecule has 1 unspecified atom stereocenters. The van der Waals surface area contributed by atoms with Crippen molar-refractivity contribution in [3.05, 3.63) is 49.0 Å². The lowest BCUT2D eigenvalue weighted by atomic mass is 9.75. The van der Waals surface area contributed by atoms with Crippen molar-refractivity contribution in [1.29, 1.82) is 0 Å². The van der Waals surface area contributed by atoms with Gasteiger partial charge in [-0.15, -0.1) is 0 Å². The van der Waals surface area contributed by atoms with Gasteiger partial charge in [-0.1, -0.05) is 37.8 Å². The summed E-state index contributed by atoms with van der Waals surface area (Å²) in [6.07, 6.45) is 12.9. The van der Waals surface area contributed by atoms with E-state index in [1.807, 2.05) is 18.2 Å². The molecule has 0 fully saturated rings. The maximum Gasteiger partial charge on any atom is 0.108 e. The number of hydrogen-bond acceptors (Lipinski definition) is 3. The molecule has 0 aliphatic heterocycles. The van der Waals surface area contributed by atoms with E-state index in [1.54, 1.807) is 12.4 Å². The molecule has 108 valence electrons. The quantitative estimate of drug-likeness (QED) is 0.533. The molecule has 0 amide bonds. The molecule has 0 saturated heterocycles. The van der Waals surface area contributed by atoms with Crippen LogP contribution in [0.1, 0.15) is 26.2 Å². The van der Waals surface area contributed by atoms with Gasteiger partial charge in [0.1, 0.15) is 6.67 Å². The molecule has 1 atom stereocenters. The fourth-order valence-corrected chi connectivity index (χ4v) is 2.05. The first-order chi connectivity index (χ1) is 9.20. The Morgan fingerprint density at radius 3 is 2.32 bits per heavy atom. The van der Waals surface area contributed by atoms with Crippen molar-refractivity contribution in [3.8, 4) is 0 Å². The van der Waals surface area contributed by atoms with Gasteiger partial charge < -0.3 is 16.8 Å². The Kier molecular flexibility index (Phi) is 9.53. The predicted octanol–water partition coefficient (Wildman–Crippen LogP) is 2.74. The molecule has 0 aromatic heterocycles. The first kappa shape index (κ1) is 17.4. The van der Waals surface area contributed by atoms with Crippen LogP contribution in [0.2, 0.25) is 0 Å². The zero-order valence-electron chi connectivity index (χ0n) is 11.7. The van der Waals surface area contributed by atoms with E-state index in [-0.39, 0.29) is 5.41 Å². The van der Waals surface area contributed by atoms with Gasteiger partial charge in [0.2, 0.25) is 0 Å². The molecular formula is C15H26FN3. The van der Waals surface area contributed by atoms with Crippen LogP contribution in [0, 0.1) is 5.41 Å². The number of alkyl halides is 1. The van der Waals surface area contributed by atoms with Crippen molar-refractivity contribution in [3.63, 3.8) is 0 Å². The van der Waals surface area contributed by atoms with Crippen molar-refractivity contribution in [1.82, 2.24) is 5.32 Å². The van der Waals surface area contributed by atoms with Crippen LogP contribution < -0.4 is 16.8 Å². The SMILES string of the molecule is C=CN/C(=C\N)C(CC)(C/C=C/CN)C/C=C/CF. The third kappa shape index (κ3) is 5.75. The molecule has 0 aliphatic carbocycles. The third-order valence-electron chi connectivity index (χ3n) is 3.25. The van der Waals surface area contributed by atoms with Gasteiger partial charge in [-0.3, -0.25) is 0 Å². The topological polar surface area (TPSA) is 64.1 Å². The van der Waals surface area contributed by atoms with Gasteiger partial charge in [-0.2, -0.15) is 0 Å². The maximum atomic E-state index is 12.2. The Morgan fingerprint density at radius 1 is 1.26 bits per heavy atom. The summed E-state index contributed by atoms with van der Waals surface area (Å²) in [5.41, 5.74) is 11.9. The molecule has 0 radical (unpaired) electrons. The summed E-state index contributed by atoms with van der Waals surface area (Å²) < 4.78 is 12.2. The van der Waals surface area contributed by atoms with E-state index in [1.165, 1.54) is 6.08 Å². The van der Waals surface area contributed by atoms with Gasteiger partial charge in [0.05, 0.1) is 0 Å². The van der Waals surface area contributed by atoms with E-state index in [0.717, 1.165) is 18.5 Å². The molecule has 0 aromatic rings. The van der Waals surface area contributed by atoms with E-state index < -0.39 is 6.67 Å². The van der Waals surface area contributed by atoms with Crippen LogP contribution in [-0.4, -0.2) is 13.2 Å². The monoisotopic (exact) mass is 267 g/mol. The summed E-state index contributed by atoms with van der Waals surface area (Å²) >= 11 is 0. The average molecular weight is 267 g/mol. The minimum atomic E-state index is -0.449. The predicted molar refractivity (Wildman–Crippen MR) is 80.9 cm³/mol. The number of nitrogens with two attached hydrogens (primary N) is 2. The number of halogens is 1. The molecule has 0 rings (SSSR count). The summed E-state index contributed by atoms with van der Waals surface area (Å²) in [7, 11) is 0. The second kappa shape index (κ2) is 10.4. The standard InChI is InChI=1S/C15H26FN3/c1-3-15(9-5-7-11-16,10-6-8-12-17)14(13-18)19-4-2/h4-8,13,19H,2-3,9-12,17-18H2,1H3/b7-5+,8-6+,14-13-. The van der Waals surface area contributed by atoms with Crippen molar-refractivity contribution < 1.29 is 4.39 Å². The molecule has 0 heterocycles. The minimum absolute atomic E-state index is 0.180. The van der Waals surface area contributed by atoms with Gasteiger partial charge in [0.15, 0.2) is 0 Å². The van der Waals surface area contributed by atoms with E-state index in [0.29, 0.717) is 13.0 Å². The Balaban J connectivity index is 5.18. The van der Waals surface area contributed by atoms with E-state index in [4.69, 9.17) is 11.5 Å². The lowest BCUT2D eigenvalue weighted by Crippen LogP contribution is -2.29. The first-order valence-electron chi connectivity index (χ1n) is 6.56. The lowest BCUT2D eigenvalue weighted by molar-refractivity contribution is 0.332. The van der Waals surface area contributed by atoms with E-state index in [9.17, 15) is 4.39 Å². The van der Waals surface area contributed by atoms with Crippen LogP contribution >= 0.6 is 0 Å². The molecule has 19 heavy (non-hydrogen) atoms. The number of allylic oxidation sites excluding steroid dienone is 4. The molecule has 0 aliphatic rings. The number of rotatable bonds is 10. The summed E-state index contributed by atoms with van der Waals surface area (Å²) in [5.74, 6) is 0. The van der Waals surface area contributed by atoms with Gasteiger partial charge >= 0.3 is 0 Å². The molecule has 0 bridgehead atoms. The van der Waals surface area contributed by atoms with Crippen molar-refractivity contribution in [2.75, 3.05) is 13.2 Å². The molecule has 0 saturated carbocycles. The van der Waals surface area contributed by atoms with Crippen LogP contribution in [0.25, 0.3) is 0 Å². The van der Waals surface area contributed by atoms with Crippen molar-refractivity contribution in [2.24, 2.45) is 16.9 Å². The number of hydrogen-bond donors (Lipinski definition) is 3. The highest BCUT2D eigenvalue weighted by Gasteiger charge is 2.29. The Morgan fingerprint density at radius 2 is 1.89 bits per heavy atom. The molecule has 3 nitrogen and oxygen atoms in total. The molecule has 0 aromatic carbocycles. The van der Waals surface area contributed by atoms with Gasteiger partial charge in [-0.05, 0) is 25.5 Å². The second-order valence-corrected chi connectivity index (χ2v) is 4.30. The Labute approximate surface area is 115 Å². The minimum Gasteiger partial charge on any atom is -0.403 e. The lowest BCUT2D eigenvalue weighted by Gasteiger charge is -2.33.